The molecule has 0 atom stereocenters. The predicted molar refractivity (Wildman–Crippen MR) is 102 cm³/mol. The maximum absolute atomic E-state index is 12.3. The summed E-state index contributed by atoms with van der Waals surface area (Å²) in [5.41, 5.74) is 1.74. The monoisotopic (exact) mass is 371 g/mol. The molecule has 2 fully saturated rings. The van der Waals surface area contributed by atoms with Gasteiger partial charge < -0.3 is 9.64 Å². The quantitative estimate of drug-likeness (QED) is 0.829. The van der Waals surface area contributed by atoms with E-state index in [9.17, 15) is 4.79 Å². The van der Waals surface area contributed by atoms with Crippen molar-refractivity contribution in [3.05, 3.63) is 52.0 Å². The molecule has 0 unspecified atom stereocenters. The number of rotatable bonds is 4. The number of likely N-dealkylation sites (tertiary alicyclic amines) is 1. The molecule has 4 rings (SSSR count). The van der Waals surface area contributed by atoms with E-state index in [1.807, 2.05) is 41.4 Å². The van der Waals surface area contributed by atoms with Crippen LogP contribution in [0.1, 0.15) is 29.1 Å². The van der Waals surface area contributed by atoms with E-state index in [-0.39, 0.29) is 18.1 Å². The van der Waals surface area contributed by atoms with Gasteiger partial charge in [0.25, 0.3) is 0 Å². The van der Waals surface area contributed by atoms with Crippen molar-refractivity contribution in [2.24, 2.45) is 0 Å². The zero-order valence-corrected chi connectivity index (χ0v) is 16.0. The Labute approximate surface area is 158 Å². The first kappa shape index (κ1) is 17.6. The molecule has 0 aromatic carbocycles. The molecule has 0 saturated carbocycles. The number of aryl methyl sites for hydroxylation is 1. The van der Waals surface area contributed by atoms with E-state index in [1.54, 1.807) is 0 Å². The normalized spacial score (nSPS) is 20.7. The summed E-state index contributed by atoms with van der Waals surface area (Å²) < 4.78 is 6.06. The van der Waals surface area contributed by atoms with Crippen molar-refractivity contribution >= 4 is 17.2 Å². The zero-order chi connectivity index (χ0) is 18.0. The fraction of sp³-hybridized carbons (Fsp3) is 0.500. The second-order valence-electron chi connectivity index (χ2n) is 7.35. The third-order valence-electron chi connectivity index (χ3n) is 5.36. The second-order valence-corrected chi connectivity index (χ2v) is 8.38. The molecule has 2 aromatic rings. The van der Waals surface area contributed by atoms with Crippen LogP contribution in [0.3, 0.4) is 0 Å². The first-order chi connectivity index (χ1) is 12.6. The highest BCUT2D eigenvalue weighted by Crippen LogP contribution is 2.32. The van der Waals surface area contributed by atoms with Crippen LogP contribution in [0.5, 0.6) is 0 Å². The van der Waals surface area contributed by atoms with Crippen LogP contribution in [0.25, 0.3) is 0 Å². The van der Waals surface area contributed by atoms with E-state index in [0.29, 0.717) is 13.1 Å². The Morgan fingerprint density at radius 2 is 2.04 bits per heavy atom. The number of morpholine rings is 1. The molecule has 2 saturated heterocycles. The van der Waals surface area contributed by atoms with Gasteiger partial charge in [-0.25, -0.2) is 0 Å². The summed E-state index contributed by atoms with van der Waals surface area (Å²) in [6.07, 6.45) is 1.95. The smallest absolute Gasteiger partial charge is 0.249 e. The summed E-state index contributed by atoms with van der Waals surface area (Å²) in [7, 11) is 0. The average Bonchev–Trinajstić information content (AvgIpc) is 3.14. The fourth-order valence-corrected chi connectivity index (χ4v) is 4.61. The van der Waals surface area contributed by atoms with Crippen LogP contribution < -0.4 is 0 Å². The molecular weight excluding hydrogens is 346 g/mol. The Morgan fingerprint density at radius 1 is 1.19 bits per heavy atom. The number of carbonyl (C=O) groups is 1. The van der Waals surface area contributed by atoms with E-state index < -0.39 is 0 Å². The topological polar surface area (TPSA) is 45.7 Å². The van der Waals surface area contributed by atoms with Gasteiger partial charge in [0, 0.05) is 30.2 Å². The van der Waals surface area contributed by atoms with Crippen molar-refractivity contribution in [3.8, 4) is 0 Å². The van der Waals surface area contributed by atoms with Gasteiger partial charge >= 0.3 is 0 Å². The molecule has 2 aromatic heterocycles. The Morgan fingerprint density at radius 3 is 2.77 bits per heavy atom. The van der Waals surface area contributed by atoms with Crippen LogP contribution in [0, 0.1) is 6.92 Å². The number of piperidine rings is 1. The third-order valence-corrected chi connectivity index (χ3v) is 6.22. The zero-order valence-electron chi connectivity index (χ0n) is 15.2. The fourth-order valence-electron chi connectivity index (χ4n) is 3.86. The summed E-state index contributed by atoms with van der Waals surface area (Å²) in [6, 6.07) is 10.3. The Bertz CT molecular complexity index is 754. The van der Waals surface area contributed by atoms with Gasteiger partial charge in [0.05, 0.1) is 24.4 Å². The van der Waals surface area contributed by atoms with E-state index in [0.717, 1.165) is 43.9 Å². The molecule has 0 bridgehead atoms. The molecule has 0 N–H and O–H groups in total. The molecule has 0 radical (unpaired) electrons. The number of carbonyl (C=O) groups excluding carboxylic acids is 1. The molecule has 4 heterocycles. The largest absolute Gasteiger partial charge is 0.363 e. The number of hydrogen-bond acceptors (Lipinski definition) is 5. The highest BCUT2D eigenvalue weighted by Gasteiger charge is 2.42. The molecule has 2 aliphatic heterocycles. The number of hydrogen-bond donors (Lipinski definition) is 0. The summed E-state index contributed by atoms with van der Waals surface area (Å²) >= 11 is 1.81. The maximum Gasteiger partial charge on any atom is 0.249 e. The lowest BCUT2D eigenvalue weighted by Crippen LogP contribution is -2.58. The highest BCUT2D eigenvalue weighted by molar-refractivity contribution is 7.09. The summed E-state index contributed by atoms with van der Waals surface area (Å²) in [6.45, 7) is 6.47. The van der Waals surface area contributed by atoms with Gasteiger partial charge in [-0.3, -0.25) is 14.7 Å². The molecule has 138 valence electrons. The van der Waals surface area contributed by atoms with Crippen LogP contribution in [0.2, 0.25) is 0 Å². The standard InChI is InChI=1S/C20H25N3O2S/c1-16-4-2-5-17(21-16)12-23-15-20(25-14-19(23)24)7-9-22(10-8-20)13-18-6-3-11-26-18/h2-6,11H,7-10,12-15H2,1H3. The van der Waals surface area contributed by atoms with Crippen molar-refractivity contribution in [2.75, 3.05) is 26.2 Å². The molecule has 1 amide bonds. The van der Waals surface area contributed by atoms with Crippen LogP contribution in [0.15, 0.2) is 35.7 Å². The molecule has 1 spiro atoms. The lowest BCUT2D eigenvalue weighted by molar-refractivity contribution is -0.172. The third kappa shape index (κ3) is 3.98. The average molecular weight is 372 g/mol. The Kier molecular flexibility index (Phi) is 5.07. The first-order valence-corrected chi connectivity index (χ1v) is 10.1. The SMILES string of the molecule is Cc1cccc(CN2CC3(CCN(Cc4cccs4)CC3)OCC2=O)n1. The van der Waals surface area contributed by atoms with Gasteiger partial charge in [-0.1, -0.05) is 12.1 Å². The van der Waals surface area contributed by atoms with E-state index in [4.69, 9.17) is 4.74 Å². The Hall–Kier alpha value is -1.76. The van der Waals surface area contributed by atoms with E-state index in [1.165, 1.54) is 4.88 Å². The van der Waals surface area contributed by atoms with Crippen LogP contribution in [-0.2, 0) is 22.6 Å². The molecule has 0 aliphatic carbocycles. The summed E-state index contributed by atoms with van der Waals surface area (Å²) in [4.78, 5) is 22.7. The molecule has 5 nitrogen and oxygen atoms in total. The van der Waals surface area contributed by atoms with Crippen molar-refractivity contribution in [1.82, 2.24) is 14.8 Å². The number of thiophene rings is 1. The van der Waals surface area contributed by atoms with Gasteiger partial charge in [-0.05, 0) is 43.3 Å². The summed E-state index contributed by atoms with van der Waals surface area (Å²) in [5.74, 6) is 0.0694. The number of nitrogens with zero attached hydrogens (tertiary/aromatic N) is 3. The number of pyridine rings is 1. The lowest BCUT2D eigenvalue weighted by atomic mass is 9.89. The van der Waals surface area contributed by atoms with Crippen LogP contribution in [-0.4, -0.2) is 52.5 Å². The van der Waals surface area contributed by atoms with E-state index >= 15 is 0 Å². The van der Waals surface area contributed by atoms with E-state index in [2.05, 4.69) is 27.4 Å². The minimum absolute atomic E-state index is 0.0694. The van der Waals surface area contributed by atoms with Crippen molar-refractivity contribution in [3.63, 3.8) is 0 Å². The molecule has 6 heteroatoms. The van der Waals surface area contributed by atoms with Crippen molar-refractivity contribution < 1.29 is 9.53 Å². The number of aromatic nitrogens is 1. The Balaban J connectivity index is 1.37. The van der Waals surface area contributed by atoms with Crippen LogP contribution in [0.4, 0.5) is 0 Å². The maximum atomic E-state index is 12.3. The predicted octanol–water partition coefficient (Wildman–Crippen LogP) is 2.85. The highest BCUT2D eigenvalue weighted by atomic mass is 32.1. The van der Waals surface area contributed by atoms with Gasteiger partial charge in [-0.15, -0.1) is 11.3 Å². The van der Waals surface area contributed by atoms with Gasteiger partial charge in [0.2, 0.25) is 5.91 Å². The summed E-state index contributed by atoms with van der Waals surface area (Å²) in [5, 5.41) is 2.13. The minimum Gasteiger partial charge on any atom is -0.363 e. The second kappa shape index (κ2) is 7.47. The van der Waals surface area contributed by atoms with Crippen molar-refractivity contribution in [1.29, 1.82) is 0 Å². The minimum atomic E-state index is -0.191. The van der Waals surface area contributed by atoms with Gasteiger partial charge in [0.15, 0.2) is 0 Å². The number of ether oxygens (including phenoxy) is 1. The molecular formula is C20H25N3O2S. The number of amides is 1. The van der Waals surface area contributed by atoms with Gasteiger partial charge in [0.1, 0.15) is 6.61 Å². The molecule has 2 aliphatic rings. The first-order valence-electron chi connectivity index (χ1n) is 9.21. The van der Waals surface area contributed by atoms with Gasteiger partial charge in [-0.2, -0.15) is 0 Å². The lowest BCUT2D eigenvalue weighted by Gasteiger charge is -2.47. The molecule has 26 heavy (non-hydrogen) atoms. The van der Waals surface area contributed by atoms with Crippen molar-refractivity contribution in [2.45, 2.75) is 38.5 Å². The van der Waals surface area contributed by atoms with Crippen LogP contribution >= 0.6 is 11.3 Å².